The summed E-state index contributed by atoms with van der Waals surface area (Å²) in [4.78, 5) is 25.7. The fourth-order valence-electron chi connectivity index (χ4n) is 1.79. The molecule has 0 bridgehead atoms. The summed E-state index contributed by atoms with van der Waals surface area (Å²) in [6, 6.07) is 5.02. The third-order valence-corrected chi connectivity index (χ3v) is 6.66. The molecule has 116 valence electrons. The third kappa shape index (κ3) is 6.29. The average molecular weight is 333 g/mol. The first-order valence-electron chi connectivity index (χ1n) is 6.12. The Morgan fingerprint density at radius 3 is 2.52 bits per heavy atom. The van der Waals surface area contributed by atoms with E-state index in [1.165, 1.54) is 6.20 Å². The van der Waals surface area contributed by atoms with Gasteiger partial charge in [0.05, 0.1) is 23.7 Å². The molecule has 0 saturated carbocycles. The van der Waals surface area contributed by atoms with Crippen LogP contribution in [-0.4, -0.2) is 37.9 Å². The number of aromatic nitrogens is 1. The molecule has 9 heteroatoms. The van der Waals surface area contributed by atoms with E-state index in [0.29, 0.717) is 5.69 Å². The Morgan fingerprint density at radius 1 is 1.33 bits per heavy atom. The Balaban J connectivity index is 2.79. The van der Waals surface area contributed by atoms with Gasteiger partial charge in [-0.2, -0.15) is 0 Å². The van der Waals surface area contributed by atoms with Crippen LogP contribution in [0.15, 0.2) is 24.4 Å². The van der Waals surface area contributed by atoms with E-state index in [2.05, 4.69) is 4.98 Å². The number of hydrogen-bond donors (Lipinski definition) is 3. The zero-order valence-corrected chi connectivity index (χ0v) is 12.8. The predicted octanol–water partition coefficient (Wildman–Crippen LogP) is 2.63. The van der Waals surface area contributed by atoms with E-state index in [1.807, 2.05) is 0 Å². The van der Waals surface area contributed by atoms with Crippen LogP contribution in [0.4, 0.5) is 0 Å². The molecular weight excluding hydrogens is 317 g/mol. The molecule has 0 aliphatic heterocycles. The van der Waals surface area contributed by atoms with Crippen molar-refractivity contribution in [1.82, 2.24) is 4.98 Å². The Labute approximate surface area is 125 Å². The standard InChI is InChI=1S/C12H16NO6PS/c14-11(15)5-4-9(12(16)17)7-20(18,21-19)8-10-3-1-2-6-13-10/h1-3,6,9,19H,4-5,7-8H2,(H,14,15)(H,16,17). The molecule has 0 saturated heterocycles. The maximum atomic E-state index is 12.6. The predicted molar refractivity (Wildman–Crippen MR) is 78.6 cm³/mol. The Kier molecular flexibility index (Phi) is 6.87. The van der Waals surface area contributed by atoms with Crippen LogP contribution in [0.1, 0.15) is 18.5 Å². The molecule has 0 aliphatic rings. The van der Waals surface area contributed by atoms with Crippen molar-refractivity contribution in [2.75, 3.05) is 6.16 Å². The maximum Gasteiger partial charge on any atom is 0.307 e. The second kappa shape index (κ2) is 8.17. The summed E-state index contributed by atoms with van der Waals surface area (Å²) in [6.45, 7) is 0. The van der Waals surface area contributed by atoms with Gasteiger partial charge in [0.1, 0.15) is 0 Å². The van der Waals surface area contributed by atoms with E-state index in [4.69, 9.17) is 10.2 Å². The summed E-state index contributed by atoms with van der Waals surface area (Å²) in [5, 5.41) is 17.7. The monoisotopic (exact) mass is 333 g/mol. The molecule has 1 rings (SSSR count). The minimum absolute atomic E-state index is 0.0359. The summed E-state index contributed by atoms with van der Waals surface area (Å²) in [5.74, 6) is -3.40. The Hall–Kier alpha value is -1.37. The van der Waals surface area contributed by atoms with Crippen LogP contribution in [0.25, 0.3) is 0 Å². The molecule has 0 aliphatic carbocycles. The second-order valence-corrected chi connectivity index (χ2v) is 9.49. The van der Waals surface area contributed by atoms with Gasteiger partial charge in [0, 0.05) is 24.5 Å². The summed E-state index contributed by atoms with van der Waals surface area (Å²) >= 11 is 0.152. The molecule has 1 aromatic rings. The van der Waals surface area contributed by atoms with E-state index in [0.717, 1.165) is 0 Å². The van der Waals surface area contributed by atoms with Gasteiger partial charge in [-0.3, -0.25) is 14.6 Å². The van der Waals surface area contributed by atoms with Crippen molar-refractivity contribution in [3.05, 3.63) is 30.1 Å². The van der Waals surface area contributed by atoms with Gasteiger partial charge in [0.15, 0.2) is 6.34 Å². The fraction of sp³-hybridized carbons (Fsp3) is 0.417. The van der Waals surface area contributed by atoms with Crippen molar-refractivity contribution in [2.45, 2.75) is 19.0 Å². The highest BCUT2D eigenvalue weighted by Gasteiger charge is 2.32. The molecule has 0 amide bonds. The third-order valence-electron chi connectivity index (χ3n) is 2.83. The van der Waals surface area contributed by atoms with Crippen molar-refractivity contribution in [1.29, 1.82) is 0 Å². The van der Waals surface area contributed by atoms with Crippen LogP contribution in [0.5, 0.6) is 0 Å². The lowest BCUT2D eigenvalue weighted by Crippen LogP contribution is -2.19. The number of carboxylic acids is 2. The average Bonchev–Trinajstić information content (AvgIpc) is 2.44. The Bertz CT molecular complexity index is 538. The normalized spacial score (nSPS) is 15.1. The molecule has 0 spiro atoms. The zero-order chi connectivity index (χ0) is 15.9. The van der Waals surface area contributed by atoms with Crippen LogP contribution < -0.4 is 0 Å². The fourth-order valence-corrected chi connectivity index (χ4v) is 5.05. The van der Waals surface area contributed by atoms with E-state index in [1.54, 1.807) is 18.2 Å². The molecule has 1 heterocycles. The van der Waals surface area contributed by atoms with Gasteiger partial charge in [-0.05, 0) is 18.6 Å². The van der Waals surface area contributed by atoms with Crippen molar-refractivity contribution in [2.24, 2.45) is 5.92 Å². The summed E-state index contributed by atoms with van der Waals surface area (Å²) in [7, 11) is 0. The van der Waals surface area contributed by atoms with Gasteiger partial charge < -0.3 is 19.3 Å². The lowest BCUT2D eigenvalue weighted by atomic mass is 10.1. The number of nitrogens with zero attached hydrogens (tertiary/aromatic N) is 1. The van der Waals surface area contributed by atoms with Crippen molar-refractivity contribution in [3.63, 3.8) is 0 Å². The van der Waals surface area contributed by atoms with E-state index < -0.39 is 24.2 Å². The molecule has 2 atom stereocenters. The smallest absolute Gasteiger partial charge is 0.307 e. The summed E-state index contributed by atoms with van der Waals surface area (Å²) < 4.78 is 21.8. The maximum absolute atomic E-state index is 12.6. The van der Waals surface area contributed by atoms with Gasteiger partial charge in [-0.25, -0.2) is 0 Å². The molecule has 1 aromatic heterocycles. The second-order valence-electron chi connectivity index (χ2n) is 4.53. The van der Waals surface area contributed by atoms with Gasteiger partial charge >= 0.3 is 11.9 Å². The first-order chi connectivity index (χ1) is 9.86. The molecule has 0 fully saturated rings. The first-order valence-corrected chi connectivity index (χ1v) is 9.57. The van der Waals surface area contributed by atoms with Gasteiger partial charge in [0.2, 0.25) is 0 Å². The van der Waals surface area contributed by atoms with Gasteiger partial charge in [0.25, 0.3) is 0 Å². The summed E-state index contributed by atoms with van der Waals surface area (Å²) in [5.41, 5.74) is 0.491. The SMILES string of the molecule is O=C(O)CCC(CP(=O)(Cc1ccccn1)SO)C(=O)O. The molecule has 7 nitrogen and oxygen atoms in total. The Morgan fingerprint density at radius 2 is 2.05 bits per heavy atom. The molecule has 0 aromatic carbocycles. The number of carbonyl (C=O) groups is 2. The summed E-state index contributed by atoms with van der Waals surface area (Å²) in [6.07, 6.45) is -2.50. The number of hydrogen-bond acceptors (Lipinski definition) is 6. The topological polar surface area (TPSA) is 125 Å². The van der Waals surface area contributed by atoms with Crippen LogP contribution in [0.3, 0.4) is 0 Å². The van der Waals surface area contributed by atoms with Crippen LogP contribution in [-0.2, 0) is 20.3 Å². The van der Waals surface area contributed by atoms with Crippen LogP contribution in [0, 0.1) is 5.92 Å². The lowest BCUT2D eigenvalue weighted by molar-refractivity contribution is -0.142. The van der Waals surface area contributed by atoms with Gasteiger partial charge in [-0.1, -0.05) is 6.07 Å². The van der Waals surface area contributed by atoms with Crippen LogP contribution >= 0.6 is 18.0 Å². The quantitative estimate of drug-likeness (QED) is 0.465. The number of aliphatic carboxylic acids is 2. The molecule has 2 unspecified atom stereocenters. The first kappa shape index (κ1) is 17.7. The van der Waals surface area contributed by atoms with Crippen LogP contribution in [0.2, 0.25) is 0 Å². The molecular formula is C12H16NO6PS. The molecule has 0 radical (unpaired) electrons. The molecule has 21 heavy (non-hydrogen) atoms. The number of pyridine rings is 1. The zero-order valence-electron chi connectivity index (χ0n) is 11.1. The minimum atomic E-state index is -3.26. The highest BCUT2D eigenvalue weighted by molar-refractivity contribution is 8.55. The van der Waals surface area contributed by atoms with Crippen molar-refractivity contribution < 1.29 is 28.9 Å². The van der Waals surface area contributed by atoms with Gasteiger partial charge in [-0.15, -0.1) is 0 Å². The highest BCUT2D eigenvalue weighted by atomic mass is 32.7. The van der Waals surface area contributed by atoms with E-state index >= 15 is 0 Å². The lowest BCUT2D eigenvalue weighted by Gasteiger charge is -2.18. The van der Waals surface area contributed by atoms with Crippen molar-refractivity contribution >= 4 is 29.9 Å². The van der Waals surface area contributed by atoms with E-state index in [9.17, 15) is 18.7 Å². The largest absolute Gasteiger partial charge is 0.481 e. The highest BCUT2D eigenvalue weighted by Crippen LogP contribution is 2.60. The number of rotatable bonds is 9. The number of carboxylic acid groups (broad SMARTS) is 2. The minimum Gasteiger partial charge on any atom is -0.481 e. The molecule has 3 N–H and O–H groups in total. The van der Waals surface area contributed by atoms with Crippen molar-refractivity contribution in [3.8, 4) is 0 Å². The van der Waals surface area contributed by atoms with E-state index in [-0.39, 0.29) is 36.8 Å².